The van der Waals surface area contributed by atoms with Gasteiger partial charge in [0, 0.05) is 0 Å². The van der Waals surface area contributed by atoms with Gasteiger partial charge in [0.05, 0.1) is 5.54 Å². The molecule has 1 aromatic rings. The summed E-state index contributed by atoms with van der Waals surface area (Å²) in [6.07, 6.45) is 15.8. The van der Waals surface area contributed by atoms with Crippen LogP contribution in [0.1, 0.15) is 55.7 Å². The summed E-state index contributed by atoms with van der Waals surface area (Å²) in [4.78, 5) is 0. The molecule has 116 valence electrons. The molecular formula is C19H28ClN. The van der Waals surface area contributed by atoms with Crippen molar-refractivity contribution in [2.24, 2.45) is 5.73 Å². The van der Waals surface area contributed by atoms with Crippen molar-refractivity contribution < 1.29 is 0 Å². The Labute approximate surface area is 135 Å². The van der Waals surface area contributed by atoms with E-state index in [9.17, 15) is 0 Å². The second-order valence-electron chi connectivity index (χ2n) is 5.93. The summed E-state index contributed by atoms with van der Waals surface area (Å²) < 4.78 is 0. The van der Waals surface area contributed by atoms with E-state index in [0.29, 0.717) is 0 Å². The minimum absolute atomic E-state index is 0. The first kappa shape index (κ1) is 18.0. The largest absolute Gasteiger partial charge is 0.318 e. The molecule has 2 heteroatoms. The molecule has 1 unspecified atom stereocenters. The van der Waals surface area contributed by atoms with Crippen LogP contribution in [0.25, 0.3) is 0 Å². The van der Waals surface area contributed by atoms with Gasteiger partial charge in [-0.25, -0.2) is 0 Å². The number of allylic oxidation sites excluding steroid dienone is 2. The summed E-state index contributed by atoms with van der Waals surface area (Å²) >= 11 is 0. The van der Waals surface area contributed by atoms with Crippen molar-refractivity contribution in [3.8, 4) is 0 Å². The lowest BCUT2D eigenvalue weighted by atomic mass is 9.81. The van der Waals surface area contributed by atoms with Gasteiger partial charge in [-0.1, -0.05) is 68.7 Å². The first-order chi connectivity index (χ1) is 9.67. The van der Waals surface area contributed by atoms with E-state index < -0.39 is 0 Å². The Morgan fingerprint density at radius 3 is 2.62 bits per heavy atom. The number of nitrogens with two attached hydrogens (primary N) is 1. The first-order valence-corrected chi connectivity index (χ1v) is 7.89. The highest BCUT2D eigenvalue weighted by Gasteiger charge is 2.26. The van der Waals surface area contributed by atoms with Gasteiger partial charge in [-0.2, -0.15) is 0 Å². The van der Waals surface area contributed by atoms with Crippen molar-refractivity contribution in [1.82, 2.24) is 0 Å². The van der Waals surface area contributed by atoms with Gasteiger partial charge in [-0.15, -0.1) is 12.4 Å². The average molecular weight is 306 g/mol. The number of hydrogen-bond acceptors (Lipinski definition) is 1. The molecule has 0 aromatic heterocycles. The fourth-order valence-corrected chi connectivity index (χ4v) is 3.04. The molecule has 1 nitrogen and oxygen atoms in total. The summed E-state index contributed by atoms with van der Waals surface area (Å²) in [6.45, 7) is 4.48. The van der Waals surface area contributed by atoms with Crippen LogP contribution in [0.2, 0.25) is 0 Å². The van der Waals surface area contributed by atoms with Crippen LogP contribution >= 0.6 is 12.4 Å². The minimum Gasteiger partial charge on any atom is -0.318 e. The lowest BCUT2D eigenvalue weighted by Gasteiger charge is -2.29. The van der Waals surface area contributed by atoms with Gasteiger partial charge in [0.25, 0.3) is 0 Å². The summed E-state index contributed by atoms with van der Waals surface area (Å²) in [5, 5.41) is 0. The lowest BCUT2D eigenvalue weighted by Crippen LogP contribution is -2.35. The van der Waals surface area contributed by atoms with Gasteiger partial charge in [0.1, 0.15) is 0 Å². The van der Waals surface area contributed by atoms with Gasteiger partial charge in [-0.3, -0.25) is 0 Å². The highest BCUT2D eigenvalue weighted by molar-refractivity contribution is 5.85. The Morgan fingerprint density at radius 1 is 1.14 bits per heavy atom. The van der Waals surface area contributed by atoms with Gasteiger partial charge in [0.15, 0.2) is 0 Å². The Hall–Kier alpha value is -1.05. The Balaban J connectivity index is 0.00000220. The number of benzene rings is 1. The molecule has 1 aliphatic rings. The SMILES string of the molecule is CCCCCCc1cccc(C2(N)C=CC=CC2)c1C.Cl. The number of aryl methyl sites for hydroxylation is 1. The van der Waals surface area contributed by atoms with Crippen LogP contribution in [0.5, 0.6) is 0 Å². The van der Waals surface area contributed by atoms with Crippen LogP contribution in [-0.4, -0.2) is 0 Å². The third kappa shape index (κ3) is 4.46. The van der Waals surface area contributed by atoms with Gasteiger partial charge < -0.3 is 5.73 Å². The first-order valence-electron chi connectivity index (χ1n) is 7.89. The maximum absolute atomic E-state index is 6.59. The second kappa shape index (κ2) is 8.41. The summed E-state index contributed by atoms with van der Waals surface area (Å²) in [5.74, 6) is 0. The van der Waals surface area contributed by atoms with E-state index in [2.05, 4.69) is 56.4 Å². The van der Waals surface area contributed by atoms with E-state index in [1.54, 1.807) is 0 Å². The van der Waals surface area contributed by atoms with Crippen molar-refractivity contribution in [2.75, 3.05) is 0 Å². The number of halogens is 1. The van der Waals surface area contributed by atoms with Crippen LogP contribution in [-0.2, 0) is 12.0 Å². The predicted molar refractivity (Wildman–Crippen MR) is 95.0 cm³/mol. The molecule has 0 saturated carbocycles. The monoisotopic (exact) mass is 305 g/mol. The lowest BCUT2D eigenvalue weighted by molar-refractivity contribution is 0.560. The smallest absolute Gasteiger partial charge is 0.0636 e. The molecule has 0 amide bonds. The van der Waals surface area contributed by atoms with Crippen LogP contribution in [0.15, 0.2) is 42.5 Å². The summed E-state index contributed by atoms with van der Waals surface area (Å²) in [7, 11) is 0. The van der Waals surface area contributed by atoms with E-state index in [1.807, 2.05) is 0 Å². The van der Waals surface area contributed by atoms with Gasteiger partial charge >= 0.3 is 0 Å². The third-order valence-electron chi connectivity index (χ3n) is 4.34. The predicted octanol–water partition coefficient (Wildman–Crippen LogP) is 5.21. The third-order valence-corrected chi connectivity index (χ3v) is 4.34. The maximum atomic E-state index is 6.59. The Bertz CT molecular complexity index is 504. The van der Waals surface area contributed by atoms with Gasteiger partial charge in [-0.05, 0) is 42.9 Å². The zero-order valence-electron chi connectivity index (χ0n) is 13.3. The van der Waals surface area contributed by atoms with Crippen molar-refractivity contribution in [3.63, 3.8) is 0 Å². The molecule has 21 heavy (non-hydrogen) atoms. The average Bonchev–Trinajstić information content (AvgIpc) is 2.46. The zero-order valence-corrected chi connectivity index (χ0v) is 14.1. The molecule has 1 atom stereocenters. The van der Waals surface area contributed by atoms with Crippen LogP contribution in [0.3, 0.4) is 0 Å². The van der Waals surface area contributed by atoms with Gasteiger partial charge in [0.2, 0.25) is 0 Å². The van der Waals surface area contributed by atoms with Crippen LogP contribution in [0.4, 0.5) is 0 Å². The zero-order chi connectivity index (χ0) is 14.4. The second-order valence-corrected chi connectivity index (χ2v) is 5.93. The van der Waals surface area contributed by atoms with E-state index in [0.717, 1.165) is 6.42 Å². The molecule has 0 aliphatic heterocycles. The molecule has 2 rings (SSSR count). The molecular weight excluding hydrogens is 278 g/mol. The minimum atomic E-state index is -0.321. The fraction of sp³-hybridized carbons (Fsp3) is 0.474. The van der Waals surface area contributed by atoms with E-state index >= 15 is 0 Å². The maximum Gasteiger partial charge on any atom is 0.0636 e. The van der Waals surface area contributed by atoms with Crippen LogP contribution < -0.4 is 5.73 Å². The standard InChI is InChI=1S/C19H27N.ClH/c1-3-4-5-7-11-17-12-10-13-18(16(17)2)19(20)14-8-6-9-15-19;/h6,8-10,12-14H,3-5,7,11,15,20H2,1-2H3;1H. The Morgan fingerprint density at radius 2 is 1.95 bits per heavy atom. The molecule has 0 saturated heterocycles. The Kier molecular flexibility index (Phi) is 7.21. The molecule has 1 aromatic carbocycles. The topological polar surface area (TPSA) is 26.0 Å². The molecule has 0 fully saturated rings. The van der Waals surface area contributed by atoms with Crippen molar-refractivity contribution in [2.45, 2.75) is 57.9 Å². The number of hydrogen-bond donors (Lipinski definition) is 1. The van der Waals surface area contributed by atoms with Crippen LogP contribution in [0, 0.1) is 6.92 Å². The highest BCUT2D eigenvalue weighted by Crippen LogP contribution is 2.31. The van der Waals surface area contributed by atoms with E-state index in [-0.39, 0.29) is 17.9 Å². The molecule has 0 heterocycles. The number of unbranched alkanes of at least 4 members (excludes halogenated alkanes) is 3. The fourth-order valence-electron chi connectivity index (χ4n) is 3.04. The quantitative estimate of drug-likeness (QED) is 0.717. The molecule has 1 aliphatic carbocycles. The molecule has 0 radical (unpaired) electrons. The molecule has 2 N–H and O–H groups in total. The van der Waals surface area contributed by atoms with E-state index in [4.69, 9.17) is 5.73 Å². The van der Waals surface area contributed by atoms with Crippen molar-refractivity contribution in [1.29, 1.82) is 0 Å². The molecule has 0 bridgehead atoms. The summed E-state index contributed by atoms with van der Waals surface area (Å²) in [6, 6.07) is 6.61. The summed E-state index contributed by atoms with van der Waals surface area (Å²) in [5.41, 5.74) is 10.4. The normalized spacial score (nSPS) is 20.3. The van der Waals surface area contributed by atoms with Crippen molar-refractivity contribution >= 4 is 12.4 Å². The molecule has 0 spiro atoms. The number of rotatable bonds is 6. The van der Waals surface area contributed by atoms with E-state index in [1.165, 1.54) is 48.8 Å². The van der Waals surface area contributed by atoms with Crippen molar-refractivity contribution in [3.05, 3.63) is 59.2 Å². The highest BCUT2D eigenvalue weighted by atomic mass is 35.5.